The Balaban J connectivity index is 1.79. The minimum Gasteiger partial charge on any atom is -0.397 e. The lowest BCUT2D eigenvalue weighted by molar-refractivity contribution is 0.294. The lowest BCUT2D eigenvalue weighted by Crippen LogP contribution is -2.28. The van der Waals surface area contributed by atoms with Crippen LogP contribution in [0.25, 0.3) is 0 Å². The van der Waals surface area contributed by atoms with Crippen LogP contribution in [0.15, 0.2) is 22.7 Å². The molecule has 1 heterocycles. The maximum Gasteiger partial charge on any atom is 0.0574 e. The Morgan fingerprint density at radius 2 is 2.11 bits per heavy atom. The second-order valence-electron chi connectivity index (χ2n) is 5.23. The molecule has 1 unspecified atom stereocenters. The number of nitrogens with one attached hydrogen (secondary N) is 1. The zero-order valence-corrected chi connectivity index (χ0v) is 12.5. The molecule has 3 N–H and O–H groups in total. The van der Waals surface area contributed by atoms with E-state index < -0.39 is 0 Å². The van der Waals surface area contributed by atoms with Gasteiger partial charge in [-0.25, -0.2) is 0 Å². The summed E-state index contributed by atoms with van der Waals surface area (Å²) in [6, 6.07) is 5.99. The van der Waals surface area contributed by atoms with E-state index in [0.29, 0.717) is 5.92 Å². The molecule has 1 atom stereocenters. The predicted octanol–water partition coefficient (Wildman–Crippen LogP) is 3.18. The Bertz CT molecular complexity index is 389. The van der Waals surface area contributed by atoms with Crippen molar-refractivity contribution in [2.75, 3.05) is 37.2 Å². The molecule has 1 fully saturated rings. The average Bonchev–Trinajstić information content (AvgIpc) is 2.80. The summed E-state index contributed by atoms with van der Waals surface area (Å²) in [4.78, 5) is 2.55. The van der Waals surface area contributed by atoms with Gasteiger partial charge in [-0.1, -0.05) is 22.9 Å². The van der Waals surface area contributed by atoms with Crippen molar-refractivity contribution in [3.05, 3.63) is 22.7 Å². The number of hydrogen-bond acceptors (Lipinski definition) is 3. The van der Waals surface area contributed by atoms with Crippen LogP contribution in [0.4, 0.5) is 11.4 Å². The minimum absolute atomic E-state index is 0.645. The van der Waals surface area contributed by atoms with E-state index in [-0.39, 0.29) is 0 Å². The first-order valence-corrected chi connectivity index (χ1v) is 7.45. The second kappa shape index (κ2) is 6.43. The molecule has 1 aromatic carbocycles. The molecule has 2 rings (SSSR count). The van der Waals surface area contributed by atoms with Gasteiger partial charge in [0.05, 0.1) is 11.4 Å². The summed E-state index contributed by atoms with van der Waals surface area (Å²) in [5, 5.41) is 3.44. The van der Waals surface area contributed by atoms with Gasteiger partial charge in [-0.15, -0.1) is 0 Å². The normalized spacial score (nSPS) is 17.9. The van der Waals surface area contributed by atoms with Crippen LogP contribution in [0, 0.1) is 5.92 Å². The molecule has 4 heteroatoms. The number of likely N-dealkylation sites (tertiary alicyclic amines) is 1. The largest absolute Gasteiger partial charge is 0.397 e. The minimum atomic E-state index is 0.645. The van der Waals surface area contributed by atoms with E-state index in [1.165, 1.54) is 32.5 Å². The van der Waals surface area contributed by atoms with Crippen molar-refractivity contribution in [3.8, 4) is 0 Å². The van der Waals surface area contributed by atoms with E-state index in [1.807, 2.05) is 18.2 Å². The van der Waals surface area contributed by atoms with Gasteiger partial charge in [0.25, 0.3) is 0 Å². The highest BCUT2D eigenvalue weighted by Gasteiger charge is 2.14. The fourth-order valence-corrected chi connectivity index (χ4v) is 2.83. The third-order valence-corrected chi connectivity index (χ3v) is 3.92. The molecule has 1 aromatic rings. The second-order valence-corrected chi connectivity index (χ2v) is 6.14. The monoisotopic (exact) mass is 311 g/mol. The van der Waals surface area contributed by atoms with Crippen molar-refractivity contribution in [2.24, 2.45) is 5.92 Å². The van der Waals surface area contributed by atoms with Crippen molar-refractivity contribution in [2.45, 2.75) is 19.8 Å². The topological polar surface area (TPSA) is 41.3 Å². The maximum atomic E-state index is 5.97. The molecule has 0 aromatic heterocycles. The number of anilines is 2. The van der Waals surface area contributed by atoms with Crippen LogP contribution in [0.3, 0.4) is 0 Å². The lowest BCUT2D eigenvalue weighted by Gasteiger charge is -2.21. The first-order valence-electron chi connectivity index (χ1n) is 6.66. The van der Waals surface area contributed by atoms with Crippen LogP contribution in [-0.2, 0) is 0 Å². The summed E-state index contributed by atoms with van der Waals surface area (Å²) in [7, 11) is 0. The fraction of sp³-hybridized carbons (Fsp3) is 0.571. The summed E-state index contributed by atoms with van der Waals surface area (Å²) in [5.41, 5.74) is 7.81. The van der Waals surface area contributed by atoms with E-state index >= 15 is 0 Å². The van der Waals surface area contributed by atoms with Gasteiger partial charge in [-0.3, -0.25) is 0 Å². The van der Waals surface area contributed by atoms with E-state index in [4.69, 9.17) is 5.73 Å². The van der Waals surface area contributed by atoms with Gasteiger partial charge in [-0.05, 0) is 50.0 Å². The Morgan fingerprint density at radius 3 is 2.78 bits per heavy atom. The van der Waals surface area contributed by atoms with Crippen molar-refractivity contribution < 1.29 is 0 Å². The number of halogens is 1. The van der Waals surface area contributed by atoms with E-state index in [9.17, 15) is 0 Å². The molecule has 0 radical (unpaired) electrons. The molecular weight excluding hydrogens is 290 g/mol. The maximum absolute atomic E-state index is 5.97. The quantitative estimate of drug-likeness (QED) is 0.821. The zero-order chi connectivity index (χ0) is 13.0. The van der Waals surface area contributed by atoms with Gasteiger partial charge in [0.15, 0.2) is 0 Å². The van der Waals surface area contributed by atoms with Gasteiger partial charge >= 0.3 is 0 Å². The number of benzene rings is 1. The standard InChI is InChI=1S/C14H22BrN3/c1-11(10-18-6-2-3-7-18)9-17-14-5-4-12(15)8-13(14)16/h4-5,8,11,17H,2-3,6-7,9-10,16H2,1H3. The highest BCUT2D eigenvalue weighted by molar-refractivity contribution is 9.10. The van der Waals surface area contributed by atoms with E-state index in [0.717, 1.165) is 22.4 Å². The number of rotatable bonds is 5. The first-order chi connectivity index (χ1) is 8.65. The third kappa shape index (κ3) is 3.89. The molecule has 18 heavy (non-hydrogen) atoms. The Labute approximate surface area is 118 Å². The van der Waals surface area contributed by atoms with Crippen molar-refractivity contribution in [1.82, 2.24) is 4.90 Å². The molecule has 1 saturated heterocycles. The summed E-state index contributed by atoms with van der Waals surface area (Å²) in [6.07, 6.45) is 2.72. The van der Waals surface area contributed by atoms with Gasteiger partial charge in [0, 0.05) is 17.6 Å². The van der Waals surface area contributed by atoms with E-state index in [1.54, 1.807) is 0 Å². The molecular formula is C14H22BrN3. The Morgan fingerprint density at radius 1 is 1.39 bits per heavy atom. The molecule has 0 amide bonds. The Kier molecular flexibility index (Phi) is 4.89. The number of nitrogens with two attached hydrogens (primary N) is 1. The van der Waals surface area contributed by atoms with Gasteiger partial charge in [0.1, 0.15) is 0 Å². The number of nitrogen functional groups attached to an aromatic ring is 1. The van der Waals surface area contributed by atoms with Gasteiger partial charge in [-0.2, -0.15) is 0 Å². The van der Waals surface area contributed by atoms with Gasteiger partial charge in [0.2, 0.25) is 0 Å². The average molecular weight is 312 g/mol. The molecule has 0 aliphatic carbocycles. The predicted molar refractivity (Wildman–Crippen MR) is 81.9 cm³/mol. The van der Waals surface area contributed by atoms with Crippen LogP contribution in [0.1, 0.15) is 19.8 Å². The molecule has 1 aliphatic heterocycles. The summed E-state index contributed by atoms with van der Waals surface area (Å²) in [6.45, 7) is 6.99. The zero-order valence-electron chi connectivity index (χ0n) is 11.0. The molecule has 3 nitrogen and oxygen atoms in total. The van der Waals surface area contributed by atoms with Crippen LogP contribution in [0.5, 0.6) is 0 Å². The van der Waals surface area contributed by atoms with Crippen LogP contribution in [0.2, 0.25) is 0 Å². The van der Waals surface area contributed by atoms with Crippen LogP contribution < -0.4 is 11.1 Å². The number of hydrogen-bond donors (Lipinski definition) is 2. The van der Waals surface area contributed by atoms with Crippen LogP contribution in [-0.4, -0.2) is 31.1 Å². The highest BCUT2D eigenvalue weighted by Crippen LogP contribution is 2.23. The Hall–Kier alpha value is -0.740. The molecule has 0 saturated carbocycles. The summed E-state index contributed by atoms with van der Waals surface area (Å²) in [5.74, 6) is 0.645. The van der Waals surface area contributed by atoms with Gasteiger partial charge < -0.3 is 16.0 Å². The van der Waals surface area contributed by atoms with Crippen molar-refractivity contribution in [3.63, 3.8) is 0 Å². The van der Waals surface area contributed by atoms with Crippen molar-refractivity contribution >= 4 is 27.3 Å². The van der Waals surface area contributed by atoms with E-state index in [2.05, 4.69) is 33.1 Å². The lowest BCUT2D eigenvalue weighted by atomic mass is 10.1. The van der Waals surface area contributed by atoms with Crippen molar-refractivity contribution in [1.29, 1.82) is 0 Å². The molecule has 1 aliphatic rings. The first kappa shape index (κ1) is 13.7. The number of nitrogens with zero attached hydrogens (tertiary/aromatic N) is 1. The highest BCUT2D eigenvalue weighted by atomic mass is 79.9. The van der Waals surface area contributed by atoms with Crippen LogP contribution >= 0.6 is 15.9 Å². The fourth-order valence-electron chi connectivity index (χ4n) is 2.45. The molecule has 0 spiro atoms. The smallest absolute Gasteiger partial charge is 0.0574 e. The molecule has 0 bridgehead atoms. The third-order valence-electron chi connectivity index (χ3n) is 3.42. The summed E-state index contributed by atoms with van der Waals surface area (Å²) < 4.78 is 1.02. The SMILES string of the molecule is CC(CNc1ccc(Br)cc1N)CN1CCCC1. The summed E-state index contributed by atoms with van der Waals surface area (Å²) >= 11 is 3.42. The molecule has 100 valence electrons.